The minimum atomic E-state index is -1.06. The number of hydrogen-bond acceptors (Lipinski definition) is 5. The van der Waals surface area contributed by atoms with Crippen LogP contribution in [0.5, 0.6) is 11.6 Å². The van der Waals surface area contributed by atoms with Crippen molar-refractivity contribution in [2.75, 3.05) is 13.1 Å². The summed E-state index contributed by atoms with van der Waals surface area (Å²) in [6.07, 6.45) is 2.01. The van der Waals surface area contributed by atoms with Crippen molar-refractivity contribution in [1.82, 2.24) is 14.9 Å². The first-order valence-corrected chi connectivity index (χ1v) is 9.58. The molecule has 1 aromatic heterocycles. The first kappa shape index (κ1) is 20.3. The lowest BCUT2D eigenvalue weighted by atomic mass is 10.1. The molecule has 1 saturated heterocycles. The molecule has 3 rings (SSSR count). The van der Waals surface area contributed by atoms with Gasteiger partial charge in [0.05, 0.1) is 12.2 Å². The zero-order chi connectivity index (χ0) is 20.3. The summed E-state index contributed by atoms with van der Waals surface area (Å²) in [4.78, 5) is 22.4. The Labute approximate surface area is 168 Å². The van der Waals surface area contributed by atoms with Crippen LogP contribution in [-0.4, -0.2) is 45.6 Å². The topological polar surface area (TPSA) is 64.6 Å². The van der Waals surface area contributed by atoms with Gasteiger partial charge in [-0.3, -0.25) is 4.79 Å². The number of carbonyl (C=O) groups is 1. The van der Waals surface area contributed by atoms with Crippen LogP contribution in [0.1, 0.15) is 32.9 Å². The molecule has 28 heavy (non-hydrogen) atoms. The van der Waals surface area contributed by atoms with Gasteiger partial charge >= 0.3 is 0 Å². The van der Waals surface area contributed by atoms with E-state index in [2.05, 4.69) is 9.97 Å². The molecule has 1 unspecified atom stereocenters. The quantitative estimate of drug-likeness (QED) is 0.731. The van der Waals surface area contributed by atoms with Gasteiger partial charge in [0.25, 0.3) is 11.8 Å². The number of benzene rings is 1. The predicted octanol–water partition coefficient (Wildman–Crippen LogP) is 3.67. The Morgan fingerprint density at radius 2 is 2.04 bits per heavy atom. The molecule has 2 heterocycles. The first-order chi connectivity index (χ1) is 13.3. The van der Waals surface area contributed by atoms with E-state index in [0.717, 1.165) is 0 Å². The molecule has 1 amide bonds. The molecular weight excluding hydrogens is 385 g/mol. The molecule has 150 valence electrons. The van der Waals surface area contributed by atoms with Gasteiger partial charge in [0.15, 0.2) is 5.60 Å². The van der Waals surface area contributed by atoms with Crippen molar-refractivity contribution in [3.05, 3.63) is 47.1 Å². The Hall–Kier alpha value is -2.41. The van der Waals surface area contributed by atoms with Crippen molar-refractivity contribution in [3.63, 3.8) is 0 Å². The lowest BCUT2D eigenvalue weighted by Gasteiger charge is -2.30. The minimum absolute atomic E-state index is 0.0668. The van der Waals surface area contributed by atoms with Crippen LogP contribution in [0.15, 0.2) is 30.6 Å². The summed E-state index contributed by atoms with van der Waals surface area (Å²) in [7, 11) is 0. The number of rotatable bonds is 6. The number of likely N-dealkylation sites (tertiary alicyclic amines) is 1. The summed E-state index contributed by atoms with van der Waals surface area (Å²) in [6, 6.07) is 6.85. The number of aromatic nitrogens is 2. The highest BCUT2D eigenvalue weighted by Gasteiger charge is 2.38. The largest absolute Gasteiger partial charge is 0.478 e. The summed E-state index contributed by atoms with van der Waals surface area (Å²) in [6.45, 7) is 6.10. The number of carbonyl (C=O) groups excluding carboxylic acids is 1. The summed E-state index contributed by atoms with van der Waals surface area (Å²) in [5.41, 5.74) is -0.744. The Bertz CT molecular complexity index is 845. The van der Waals surface area contributed by atoms with E-state index in [1.54, 1.807) is 43.0 Å². The molecule has 2 aromatic rings. The van der Waals surface area contributed by atoms with Crippen LogP contribution >= 0.6 is 11.6 Å². The van der Waals surface area contributed by atoms with Gasteiger partial charge < -0.3 is 14.4 Å². The van der Waals surface area contributed by atoms with Crippen molar-refractivity contribution in [1.29, 1.82) is 0 Å². The van der Waals surface area contributed by atoms with E-state index in [9.17, 15) is 9.18 Å². The minimum Gasteiger partial charge on any atom is -0.478 e. The predicted molar refractivity (Wildman–Crippen MR) is 103 cm³/mol. The molecule has 1 atom stereocenters. The van der Waals surface area contributed by atoms with Gasteiger partial charge in [-0.2, -0.15) is 9.37 Å². The average Bonchev–Trinajstić information content (AvgIpc) is 3.13. The molecule has 0 bridgehead atoms. The summed E-state index contributed by atoms with van der Waals surface area (Å²) >= 11 is 5.88. The van der Waals surface area contributed by atoms with Gasteiger partial charge in [-0.25, -0.2) is 4.98 Å². The molecule has 0 aliphatic carbocycles. The second-order valence-electron chi connectivity index (χ2n) is 7.14. The van der Waals surface area contributed by atoms with E-state index in [4.69, 9.17) is 21.1 Å². The maximum atomic E-state index is 14.3. The summed E-state index contributed by atoms with van der Waals surface area (Å²) < 4.78 is 25.8. The van der Waals surface area contributed by atoms with Gasteiger partial charge in [0.2, 0.25) is 5.82 Å². The van der Waals surface area contributed by atoms with Gasteiger partial charge in [-0.15, -0.1) is 0 Å². The van der Waals surface area contributed by atoms with E-state index in [0.29, 0.717) is 42.4 Å². The Morgan fingerprint density at radius 1 is 1.32 bits per heavy atom. The normalized spacial score (nSPS) is 16.9. The maximum Gasteiger partial charge on any atom is 0.266 e. The molecule has 0 spiro atoms. The van der Waals surface area contributed by atoms with Crippen LogP contribution in [0.4, 0.5) is 4.39 Å². The third-order valence-electron chi connectivity index (χ3n) is 4.58. The van der Waals surface area contributed by atoms with E-state index >= 15 is 0 Å². The van der Waals surface area contributed by atoms with E-state index in [1.165, 1.54) is 6.33 Å². The maximum absolute atomic E-state index is 14.3. The molecule has 8 heteroatoms. The van der Waals surface area contributed by atoms with Crippen molar-refractivity contribution < 1.29 is 18.7 Å². The number of aryl methyl sites for hydroxylation is 1. The van der Waals surface area contributed by atoms with Crippen LogP contribution in [0, 0.1) is 5.82 Å². The standard InChI is InChI=1S/C20H23ClFN3O3/c1-4-16-17(22)18(24-12-23-16)27-15-9-10-25(11-15)19(26)20(2,3)28-14-7-5-13(21)6-8-14/h5-8,12,15H,4,9-11H2,1-3H3. The van der Waals surface area contributed by atoms with Crippen LogP contribution in [0.3, 0.4) is 0 Å². The lowest BCUT2D eigenvalue weighted by molar-refractivity contribution is -0.144. The molecule has 1 fully saturated rings. The molecule has 1 aliphatic rings. The van der Waals surface area contributed by atoms with Crippen LogP contribution in [0.25, 0.3) is 0 Å². The number of amides is 1. The monoisotopic (exact) mass is 407 g/mol. The molecular formula is C20H23ClFN3O3. The molecule has 6 nitrogen and oxygen atoms in total. The van der Waals surface area contributed by atoms with Gasteiger partial charge in [-0.05, 0) is 44.5 Å². The fourth-order valence-corrected chi connectivity index (χ4v) is 3.23. The van der Waals surface area contributed by atoms with E-state index in [-0.39, 0.29) is 17.9 Å². The van der Waals surface area contributed by atoms with Crippen LogP contribution in [0.2, 0.25) is 5.02 Å². The molecule has 1 aromatic carbocycles. The highest BCUT2D eigenvalue weighted by atomic mass is 35.5. The van der Waals surface area contributed by atoms with Crippen molar-refractivity contribution >= 4 is 17.5 Å². The molecule has 0 N–H and O–H groups in total. The van der Waals surface area contributed by atoms with Crippen LogP contribution in [-0.2, 0) is 11.2 Å². The fourth-order valence-electron chi connectivity index (χ4n) is 3.10. The lowest BCUT2D eigenvalue weighted by Crippen LogP contribution is -2.48. The van der Waals surface area contributed by atoms with E-state index < -0.39 is 11.4 Å². The number of halogens is 2. The number of ether oxygens (including phenoxy) is 2. The second kappa shape index (κ2) is 8.31. The van der Waals surface area contributed by atoms with Crippen LogP contribution < -0.4 is 9.47 Å². The zero-order valence-electron chi connectivity index (χ0n) is 16.1. The number of nitrogens with zero attached hydrogens (tertiary/aromatic N) is 3. The van der Waals surface area contributed by atoms with Gasteiger partial charge in [-0.1, -0.05) is 18.5 Å². The first-order valence-electron chi connectivity index (χ1n) is 9.20. The Balaban J connectivity index is 1.62. The molecule has 1 aliphatic heterocycles. The summed E-state index contributed by atoms with van der Waals surface area (Å²) in [5.74, 6) is -0.208. The molecule has 0 radical (unpaired) electrons. The Morgan fingerprint density at radius 3 is 2.71 bits per heavy atom. The zero-order valence-corrected chi connectivity index (χ0v) is 16.9. The third-order valence-corrected chi connectivity index (χ3v) is 4.83. The highest BCUT2D eigenvalue weighted by Crippen LogP contribution is 2.26. The van der Waals surface area contributed by atoms with Gasteiger partial charge in [0, 0.05) is 18.0 Å². The molecule has 0 saturated carbocycles. The second-order valence-corrected chi connectivity index (χ2v) is 7.58. The third kappa shape index (κ3) is 4.52. The Kier molecular flexibility index (Phi) is 6.03. The van der Waals surface area contributed by atoms with Crippen molar-refractivity contribution in [2.24, 2.45) is 0 Å². The highest BCUT2D eigenvalue weighted by molar-refractivity contribution is 6.30. The average molecular weight is 408 g/mol. The SMILES string of the molecule is CCc1ncnc(OC2CCN(C(=O)C(C)(C)Oc3ccc(Cl)cc3)C2)c1F. The van der Waals surface area contributed by atoms with Crippen molar-refractivity contribution in [2.45, 2.75) is 45.3 Å². The smallest absolute Gasteiger partial charge is 0.266 e. The van der Waals surface area contributed by atoms with Crippen molar-refractivity contribution in [3.8, 4) is 11.6 Å². The van der Waals surface area contributed by atoms with Gasteiger partial charge in [0.1, 0.15) is 18.2 Å². The number of hydrogen-bond donors (Lipinski definition) is 0. The van der Waals surface area contributed by atoms with E-state index in [1.807, 2.05) is 6.92 Å². The summed E-state index contributed by atoms with van der Waals surface area (Å²) in [5, 5.41) is 0.596. The fraction of sp³-hybridized carbons (Fsp3) is 0.450.